The second-order valence-corrected chi connectivity index (χ2v) is 2.13. The summed E-state index contributed by atoms with van der Waals surface area (Å²) in [4.78, 5) is 14.0. The normalized spacial score (nSPS) is 8.42. The molecule has 1 aromatic rings. The van der Waals surface area contributed by atoms with Crippen LogP contribution in [0.3, 0.4) is 0 Å². The van der Waals surface area contributed by atoms with E-state index < -0.39 is 5.97 Å². The van der Waals surface area contributed by atoms with Crippen molar-refractivity contribution in [1.82, 2.24) is 0 Å². The molecule has 0 aromatic heterocycles. The van der Waals surface area contributed by atoms with Crippen LogP contribution in [-0.2, 0) is 16.1 Å². The van der Waals surface area contributed by atoms with E-state index in [4.69, 9.17) is 5.26 Å². The Balaban J connectivity index is 0.00000121. The average molecular weight is 159 g/mol. The number of carbonyl (C=O) groups is 1. The van der Waals surface area contributed by atoms with Gasteiger partial charge in [0.05, 0.1) is 6.42 Å². The molecular formula is C8H8LiO3. The second kappa shape index (κ2) is 5.84. The van der Waals surface area contributed by atoms with E-state index in [-0.39, 0.29) is 25.3 Å². The fourth-order valence-electron chi connectivity index (χ4n) is 0.795. The molecule has 1 N–H and O–H groups in total. The van der Waals surface area contributed by atoms with E-state index in [0.29, 0.717) is 0 Å². The average Bonchev–Trinajstić information content (AvgIpc) is 2.06. The van der Waals surface area contributed by atoms with Gasteiger partial charge in [-0.1, -0.05) is 30.3 Å². The molecule has 3 nitrogen and oxygen atoms in total. The Morgan fingerprint density at radius 1 is 1.33 bits per heavy atom. The van der Waals surface area contributed by atoms with Gasteiger partial charge in [-0.25, -0.2) is 4.79 Å². The number of carbonyl (C=O) groups excluding carboxylic acids is 1. The maximum atomic E-state index is 10.5. The molecule has 1 radical (unpaired) electrons. The molecule has 0 atom stereocenters. The van der Waals surface area contributed by atoms with Gasteiger partial charge in [0.25, 0.3) is 0 Å². The molecule has 0 saturated carbocycles. The monoisotopic (exact) mass is 159 g/mol. The Labute approximate surface area is 82.5 Å². The second-order valence-electron chi connectivity index (χ2n) is 2.13. The SMILES string of the molecule is O=C(Cc1ccccc1)OO.[Li]. The third-order valence-electron chi connectivity index (χ3n) is 1.29. The summed E-state index contributed by atoms with van der Waals surface area (Å²) in [5.74, 6) is -0.642. The molecule has 0 fully saturated rings. The Morgan fingerprint density at radius 3 is 2.42 bits per heavy atom. The van der Waals surface area contributed by atoms with E-state index in [0.717, 1.165) is 5.56 Å². The van der Waals surface area contributed by atoms with Crippen molar-refractivity contribution in [2.45, 2.75) is 6.42 Å². The molecule has 4 heteroatoms. The van der Waals surface area contributed by atoms with Gasteiger partial charge in [0.1, 0.15) is 0 Å². The smallest absolute Gasteiger partial charge is 0.301 e. The van der Waals surface area contributed by atoms with Crippen LogP contribution >= 0.6 is 0 Å². The molecule has 12 heavy (non-hydrogen) atoms. The molecular weight excluding hydrogens is 151 g/mol. The van der Waals surface area contributed by atoms with Gasteiger partial charge in [-0.2, -0.15) is 5.26 Å². The van der Waals surface area contributed by atoms with Crippen molar-refractivity contribution in [3.05, 3.63) is 35.9 Å². The van der Waals surface area contributed by atoms with Crippen molar-refractivity contribution in [3.8, 4) is 0 Å². The molecule has 0 bridgehead atoms. The first kappa shape index (κ1) is 11.2. The zero-order valence-corrected chi connectivity index (χ0v) is 6.86. The largest absolute Gasteiger partial charge is 0.346 e. The van der Waals surface area contributed by atoms with Crippen LogP contribution in [0, 0.1) is 0 Å². The van der Waals surface area contributed by atoms with Crippen molar-refractivity contribution < 1.29 is 14.9 Å². The molecule has 0 aliphatic heterocycles. The van der Waals surface area contributed by atoms with Crippen LogP contribution in [0.15, 0.2) is 30.3 Å². The zero-order chi connectivity index (χ0) is 8.10. The molecule has 0 unspecified atom stereocenters. The van der Waals surface area contributed by atoms with Crippen LogP contribution in [0.5, 0.6) is 0 Å². The first-order valence-corrected chi connectivity index (χ1v) is 3.21. The Hall–Kier alpha value is -0.753. The summed E-state index contributed by atoms with van der Waals surface area (Å²) >= 11 is 0. The van der Waals surface area contributed by atoms with Crippen molar-refractivity contribution in [2.24, 2.45) is 0 Å². The first-order valence-electron chi connectivity index (χ1n) is 3.21. The van der Waals surface area contributed by atoms with Gasteiger partial charge in [0.15, 0.2) is 0 Å². The number of rotatable bonds is 2. The van der Waals surface area contributed by atoms with Crippen LogP contribution in [0.1, 0.15) is 5.56 Å². The minimum absolute atomic E-state index is 0. The summed E-state index contributed by atoms with van der Waals surface area (Å²) in [7, 11) is 0. The van der Waals surface area contributed by atoms with Gasteiger partial charge in [-0.3, -0.25) is 0 Å². The van der Waals surface area contributed by atoms with Crippen molar-refractivity contribution in [2.75, 3.05) is 0 Å². The third-order valence-corrected chi connectivity index (χ3v) is 1.29. The standard InChI is InChI=1S/C8H8O3.Li/c9-8(11-10)6-7-4-2-1-3-5-7;/h1-5,10H,6H2;. The minimum Gasteiger partial charge on any atom is -0.301 e. The van der Waals surface area contributed by atoms with Gasteiger partial charge in [0, 0.05) is 18.9 Å². The third kappa shape index (κ3) is 3.58. The van der Waals surface area contributed by atoms with E-state index in [9.17, 15) is 4.79 Å². The number of hydrogen-bond donors (Lipinski definition) is 1. The zero-order valence-electron chi connectivity index (χ0n) is 6.86. The van der Waals surface area contributed by atoms with Gasteiger partial charge < -0.3 is 4.89 Å². The summed E-state index contributed by atoms with van der Waals surface area (Å²) in [6.45, 7) is 0. The van der Waals surface area contributed by atoms with Crippen LogP contribution in [-0.4, -0.2) is 30.1 Å². The van der Waals surface area contributed by atoms with Crippen LogP contribution in [0.4, 0.5) is 0 Å². The number of benzene rings is 1. The van der Waals surface area contributed by atoms with E-state index in [1.807, 2.05) is 18.2 Å². The Bertz CT molecular complexity index is 235. The van der Waals surface area contributed by atoms with Crippen LogP contribution in [0.2, 0.25) is 0 Å². The van der Waals surface area contributed by atoms with Gasteiger partial charge in [-0.15, -0.1) is 0 Å². The van der Waals surface area contributed by atoms with Crippen molar-refractivity contribution >= 4 is 24.8 Å². The summed E-state index contributed by atoms with van der Waals surface area (Å²) in [6, 6.07) is 9.07. The van der Waals surface area contributed by atoms with E-state index in [2.05, 4.69) is 4.89 Å². The summed E-state index contributed by atoms with van der Waals surface area (Å²) < 4.78 is 0. The fraction of sp³-hybridized carbons (Fsp3) is 0.125. The molecule has 0 aliphatic rings. The Kier molecular flexibility index (Phi) is 5.48. The van der Waals surface area contributed by atoms with Crippen molar-refractivity contribution in [3.63, 3.8) is 0 Å². The van der Waals surface area contributed by atoms with Crippen molar-refractivity contribution in [1.29, 1.82) is 0 Å². The summed E-state index contributed by atoms with van der Waals surface area (Å²) in [5.41, 5.74) is 0.826. The van der Waals surface area contributed by atoms with E-state index in [1.54, 1.807) is 12.1 Å². The minimum atomic E-state index is -0.642. The summed E-state index contributed by atoms with van der Waals surface area (Å²) in [5, 5.41) is 7.95. The molecule has 0 heterocycles. The van der Waals surface area contributed by atoms with Gasteiger partial charge in [-0.05, 0) is 5.56 Å². The van der Waals surface area contributed by atoms with Crippen LogP contribution < -0.4 is 0 Å². The van der Waals surface area contributed by atoms with Crippen LogP contribution in [0.25, 0.3) is 0 Å². The predicted molar refractivity (Wildman–Crippen MR) is 44.6 cm³/mol. The van der Waals surface area contributed by atoms with E-state index in [1.165, 1.54) is 0 Å². The maximum Gasteiger partial charge on any atom is 0.346 e. The summed E-state index contributed by atoms with van der Waals surface area (Å²) in [6.07, 6.45) is 0.108. The molecule has 59 valence electrons. The molecule has 0 spiro atoms. The quantitative estimate of drug-likeness (QED) is 0.395. The van der Waals surface area contributed by atoms with E-state index >= 15 is 0 Å². The topological polar surface area (TPSA) is 46.5 Å². The Morgan fingerprint density at radius 2 is 1.92 bits per heavy atom. The molecule has 0 amide bonds. The fourth-order valence-corrected chi connectivity index (χ4v) is 0.795. The molecule has 0 saturated heterocycles. The molecule has 0 aliphatic carbocycles. The predicted octanol–water partition coefficient (Wildman–Crippen LogP) is 0.864. The first-order chi connectivity index (χ1) is 5.33. The molecule has 1 rings (SSSR count). The maximum absolute atomic E-state index is 10.5. The van der Waals surface area contributed by atoms with Gasteiger partial charge in [0.2, 0.25) is 0 Å². The number of hydrogen-bond acceptors (Lipinski definition) is 3. The van der Waals surface area contributed by atoms with Gasteiger partial charge >= 0.3 is 5.97 Å². The molecule has 1 aromatic carbocycles.